The van der Waals surface area contributed by atoms with E-state index in [2.05, 4.69) is 115 Å². The lowest BCUT2D eigenvalue weighted by atomic mass is 9.86. The number of benzene rings is 1. The number of fused-ring (bicyclic) bond motifs is 1. The predicted molar refractivity (Wildman–Crippen MR) is 132 cm³/mol. The summed E-state index contributed by atoms with van der Waals surface area (Å²) >= 11 is 4.01. The molecule has 0 radical (unpaired) electrons. The van der Waals surface area contributed by atoms with Crippen LogP contribution in [0.4, 0.5) is 10.9 Å². The van der Waals surface area contributed by atoms with Gasteiger partial charge >= 0.3 is 0 Å². The second-order valence-electron chi connectivity index (χ2n) is 8.21. The number of aryl methyl sites for hydroxylation is 1. The molecule has 4 aromatic rings. The van der Waals surface area contributed by atoms with Crippen molar-refractivity contribution in [3.8, 4) is 11.3 Å². The predicted octanol–water partition coefficient (Wildman–Crippen LogP) is 6.69. The first-order chi connectivity index (χ1) is 13.8. The van der Waals surface area contributed by atoms with Crippen LogP contribution < -0.4 is 4.90 Å². The van der Waals surface area contributed by atoms with Gasteiger partial charge in [0.05, 0.1) is 11.4 Å². The number of pyridine rings is 1. The largest absolute Gasteiger partial charge is 0.305 e. The van der Waals surface area contributed by atoms with Crippen molar-refractivity contribution in [1.29, 1.82) is 0 Å². The monoisotopic (exact) mass is 516 g/mol. The molecule has 3 aromatic heterocycles. The minimum atomic E-state index is 0.156. The molecule has 29 heavy (non-hydrogen) atoms. The lowest BCUT2D eigenvalue weighted by Crippen LogP contribution is -2.13. The summed E-state index contributed by atoms with van der Waals surface area (Å²) in [6.07, 6.45) is 3.01. The molecule has 1 aromatic carbocycles. The molecule has 0 aliphatic rings. The number of thiazole rings is 1. The fraction of sp³-hybridized carbons (Fsp3) is 0.304. The van der Waals surface area contributed by atoms with Crippen molar-refractivity contribution in [2.45, 2.75) is 39.5 Å². The van der Waals surface area contributed by atoms with Crippen LogP contribution in [-0.2, 0) is 11.8 Å². The molecule has 0 fully saturated rings. The Kier molecular flexibility index (Phi) is 5.42. The number of rotatable bonds is 4. The van der Waals surface area contributed by atoms with E-state index in [0.717, 1.165) is 40.0 Å². The summed E-state index contributed by atoms with van der Waals surface area (Å²) in [5.41, 5.74) is 5.71. The molecule has 0 aliphatic heterocycles. The number of imidazole rings is 1. The highest BCUT2D eigenvalue weighted by molar-refractivity contribution is 14.1. The second kappa shape index (κ2) is 7.72. The standard InChI is InChI=1S/C23H25IN4S/c1-6-18-21(28-13-17(24)11-12-20(28)25-18)27(5)22-26-19(14-29-22)15-7-9-16(10-8-15)23(2,3)4/h7-14H,6H2,1-5H3. The highest BCUT2D eigenvalue weighted by atomic mass is 127. The summed E-state index contributed by atoms with van der Waals surface area (Å²) in [6, 6.07) is 12.9. The van der Waals surface area contributed by atoms with E-state index in [-0.39, 0.29) is 5.41 Å². The lowest BCUT2D eigenvalue weighted by molar-refractivity contribution is 0.590. The minimum Gasteiger partial charge on any atom is -0.305 e. The first-order valence-electron chi connectivity index (χ1n) is 9.74. The number of anilines is 2. The summed E-state index contributed by atoms with van der Waals surface area (Å²) < 4.78 is 3.35. The van der Waals surface area contributed by atoms with Crippen molar-refractivity contribution in [1.82, 2.24) is 14.4 Å². The minimum absolute atomic E-state index is 0.156. The van der Waals surface area contributed by atoms with Gasteiger partial charge in [-0.05, 0) is 52.1 Å². The van der Waals surface area contributed by atoms with Gasteiger partial charge in [0.25, 0.3) is 0 Å². The van der Waals surface area contributed by atoms with Crippen molar-refractivity contribution in [2.24, 2.45) is 0 Å². The van der Waals surface area contributed by atoms with Crippen molar-refractivity contribution in [2.75, 3.05) is 11.9 Å². The molecule has 3 heterocycles. The zero-order valence-corrected chi connectivity index (χ0v) is 20.4. The molecular weight excluding hydrogens is 491 g/mol. The molecule has 0 aliphatic carbocycles. The van der Waals surface area contributed by atoms with E-state index in [1.54, 1.807) is 11.3 Å². The molecule has 0 bridgehead atoms. The van der Waals surface area contributed by atoms with Crippen molar-refractivity contribution >= 4 is 50.5 Å². The number of hydrogen-bond donors (Lipinski definition) is 0. The van der Waals surface area contributed by atoms with E-state index < -0.39 is 0 Å². The van der Waals surface area contributed by atoms with Crippen LogP contribution in [0.5, 0.6) is 0 Å². The van der Waals surface area contributed by atoms with Crippen molar-refractivity contribution in [3.05, 3.63) is 62.8 Å². The summed E-state index contributed by atoms with van der Waals surface area (Å²) in [4.78, 5) is 11.9. The Labute approximate surface area is 189 Å². The Bertz CT molecular complexity index is 1150. The van der Waals surface area contributed by atoms with Gasteiger partial charge in [-0.25, -0.2) is 9.97 Å². The summed E-state index contributed by atoms with van der Waals surface area (Å²) in [5.74, 6) is 1.09. The van der Waals surface area contributed by atoms with Crippen LogP contribution >= 0.6 is 33.9 Å². The lowest BCUT2D eigenvalue weighted by Gasteiger charge is -2.19. The third-order valence-electron chi connectivity index (χ3n) is 5.10. The fourth-order valence-corrected chi connectivity index (χ4v) is 4.69. The maximum atomic E-state index is 4.93. The normalized spacial score (nSPS) is 11.9. The average Bonchev–Trinajstić information content (AvgIpc) is 3.31. The summed E-state index contributed by atoms with van der Waals surface area (Å²) in [6.45, 7) is 8.86. The first-order valence-corrected chi connectivity index (χ1v) is 11.7. The molecule has 0 atom stereocenters. The van der Waals surface area contributed by atoms with E-state index in [1.165, 1.54) is 9.13 Å². The Morgan fingerprint density at radius 3 is 2.45 bits per heavy atom. The molecule has 0 unspecified atom stereocenters. The quantitative estimate of drug-likeness (QED) is 0.284. The number of halogens is 1. The number of nitrogens with zero attached hydrogens (tertiary/aromatic N) is 4. The van der Waals surface area contributed by atoms with E-state index in [9.17, 15) is 0 Å². The Hall–Kier alpha value is -1.93. The third kappa shape index (κ3) is 3.92. The molecule has 4 rings (SSSR count). The third-order valence-corrected chi connectivity index (χ3v) is 6.66. The van der Waals surface area contributed by atoms with Crippen LogP contribution in [0, 0.1) is 3.57 Å². The van der Waals surface area contributed by atoms with Gasteiger partial charge in [0.1, 0.15) is 11.5 Å². The SMILES string of the molecule is CCc1nc2ccc(I)cn2c1N(C)c1nc(-c2ccc(C(C)(C)C)cc2)cs1. The molecule has 0 N–H and O–H groups in total. The molecule has 4 nitrogen and oxygen atoms in total. The van der Waals surface area contributed by atoms with Crippen LogP contribution in [0.15, 0.2) is 48.0 Å². The molecule has 150 valence electrons. The van der Waals surface area contributed by atoms with Crippen LogP contribution in [0.1, 0.15) is 39.0 Å². The van der Waals surface area contributed by atoms with Crippen LogP contribution in [0.3, 0.4) is 0 Å². The van der Waals surface area contributed by atoms with E-state index in [4.69, 9.17) is 9.97 Å². The zero-order valence-electron chi connectivity index (χ0n) is 17.4. The average molecular weight is 516 g/mol. The van der Waals surface area contributed by atoms with Gasteiger partial charge in [-0.3, -0.25) is 4.40 Å². The Morgan fingerprint density at radius 1 is 1.07 bits per heavy atom. The summed E-state index contributed by atoms with van der Waals surface area (Å²) in [7, 11) is 2.08. The Morgan fingerprint density at radius 2 is 1.79 bits per heavy atom. The Balaban J connectivity index is 1.70. The molecule has 0 spiro atoms. The first kappa shape index (κ1) is 20.3. The van der Waals surface area contributed by atoms with Crippen molar-refractivity contribution in [3.63, 3.8) is 0 Å². The van der Waals surface area contributed by atoms with Crippen LogP contribution in [0.2, 0.25) is 0 Å². The van der Waals surface area contributed by atoms with Gasteiger partial charge < -0.3 is 4.90 Å². The maximum Gasteiger partial charge on any atom is 0.191 e. The fourth-order valence-electron chi connectivity index (χ4n) is 3.43. The van der Waals surface area contributed by atoms with Crippen LogP contribution in [0.25, 0.3) is 16.9 Å². The highest BCUT2D eigenvalue weighted by Crippen LogP contribution is 2.34. The van der Waals surface area contributed by atoms with Crippen molar-refractivity contribution < 1.29 is 0 Å². The molecule has 0 saturated carbocycles. The second-order valence-corrected chi connectivity index (χ2v) is 10.3. The van der Waals surface area contributed by atoms with E-state index in [0.29, 0.717) is 0 Å². The zero-order chi connectivity index (χ0) is 20.8. The highest BCUT2D eigenvalue weighted by Gasteiger charge is 2.19. The van der Waals surface area contributed by atoms with E-state index >= 15 is 0 Å². The number of aromatic nitrogens is 3. The topological polar surface area (TPSA) is 33.4 Å². The van der Waals surface area contributed by atoms with Crippen LogP contribution in [-0.4, -0.2) is 21.4 Å². The summed E-state index contributed by atoms with van der Waals surface area (Å²) in [5, 5.41) is 3.10. The van der Waals surface area contributed by atoms with Gasteiger partial charge in [0, 0.05) is 27.8 Å². The van der Waals surface area contributed by atoms with E-state index in [1.807, 2.05) is 0 Å². The molecular formula is C23H25IN4S. The van der Waals surface area contributed by atoms with Gasteiger partial charge in [-0.2, -0.15) is 0 Å². The smallest absolute Gasteiger partial charge is 0.191 e. The molecule has 0 amide bonds. The number of hydrogen-bond acceptors (Lipinski definition) is 4. The maximum absolute atomic E-state index is 4.93. The molecule has 0 saturated heterocycles. The van der Waals surface area contributed by atoms with Gasteiger partial charge in [-0.1, -0.05) is 52.0 Å². The van der Waals surface area contributed by atoms with Gasteiger partial charge in [0.2, 0.25) is 0 Å². The molecule has 6 heteroatoms. The van der Waals surface area contributed by atoms with Gasteiger partial charge in [0.15, 0.2) is 5.13 Å². The van der Waals surface area contributed by atoms with Gasteiger partial charge in [-0.15, -0.1) is 11.3 Å².